The average Bonchev–Trinajstić information content (AvgIpc) is 2.80. The van der Waals surface area contributed by atoms with Gasteiger partial charge in [-0.05, 0) is 56.2 Å². The van der Waals surface area contributed by atoms with Crippen LogP contribution in [0.25, 0.3) is 11.0 Å². The van der Waals surface area contributed by atoms with Crippen molar-refractivity contribution < 1.29 is 5.11 Å². The number of anilines is 1. The zero-order chi connectivity index (χ0) is 14.8. The van der Waals surface area contributed by atoms with Crippen LogP contribution < -0.4 is 5.32 Å². The van der Waals surface area contributed by atoms with Gasteiger partial charge in [0.25, 0.3) is 0 Å². The molecule has 1 atom stereocenters. The third-order valence-corrected chi connectivity index (χ3v) is 3.49. The maximum Gasteiger partial charge on any atom is 0.115 e. The molecule has 3 N–H and O–H groups in total. The Bertz CT molecular complexity index is 746. The first-order chi connectivity index (χ1) is 10.1. The van der Waals surface area contributed by atoms with Gasteiger partial charge in [0.05, 0.1) is 11.0 Å². The summed E-state index contributed by atoms with van der Waals surface area (Å²) in [4.78, 5) is 7.65. The van der Waals surface area contributed by atoms with Gasteiger partial charge in [-0.1, -0.05) is 12.1 Å². The van der Waals surface area contributed by atoms with Gasteiger partial charge in [-0.3, -0.25) is 0 Å². The fraction of sp³-hybridized carbons (Fsp3) is 0.235. The number of benzene rings is 2. The van der Waals surface area contributed by atoms with E-state index in [1.807, 2.05) is 25.1 Å². The number of aryl methyl sites for hydroxylation is 1. The largest absolute Gasteiger partial charge is 0.508 e. The molecule has 3 rings (SSSR count). The quantitative estimate of drug-likeness (QED) is 0.684. The molecule has 0 aliphatic rings. The molecule has 2 aromatic carbocycles. The second-order valence-electron chi connectivity index (χ2n) is 5.47. The molecule has 4 heteroatoms. The first kappa shape index (κ1) is 13.5. The van der Waals surface area contributed by atoms with Gasteiger partial charge in [0.1, 0.15) is 11.6 Å². The Morgan fingerprint density at radius 1 is 1.19 bits per heavy atom. The van der Waals surface area contributed by atoms with Crippen LogP contribution in [-0.2, 0) is 6.42 Å². The Morgan fingerprint density at radius 3 is 2.71 bits per heavy atom. The molecular formula is C17H19N3O. The minimum Gasteiger partial charge on any atom is -0.508 e. The maximum absolute atomic E-state index is 9.30. The second kappa shape index (κ2) is 5.48. The number of aromatic hydroxyl groups is 1. The fourth-order valence-corrected chi connectivity index (χ4v) is 2.55. The number of hydrogen-bond donors (Lipinski definition) is 3. The number of nitrogens with one attached hydrogen (secondary N) is 2. The summed E-state index contributed by atoms with van der Waals surface area (Å²) in [6.45, 7) is 4.11. The summed E-state index contributed by atoms with van der Waals surface area (Å²) in [6.07, 6.45) is 0.903. The Balaban J connectivity index is 1.70. The van der Waals surface area contributed by atoms with Gasteiger partial charge in [-0.15, -0.1) is 0 Å². The van der Waals surface area contributed by atoms with Crippen LogP contribution in [0.4, 0.5) is 5.69 Å². The van der Waals surface area contributed by atoms with Crippen molar-refractivity contribution in [3.05, 3.63) is 53.9 Å². The van der Waals surface area contributed by atoms with Crippen molar-refractivity contribution in [3.63, 3.8) is 0 Å². The summed E-state index contributed by atoms with van der Waals surface area (Å²) in [7, 11) is 0. The van der Waals surface area contributed by atoms with E-state index in [1.54, 1.807) is 12.1 Å². The number of fused-ring (bicyclic) bond motifs is 1. The van der Waals surface area contributed by atoms with Crippen LogP contribution in [0, 0.1) is 6.92 Å². The molecule has 0 bridgehead atoms. The number of aromatic nitrogens is 2. The van der Waals surface area contributed by atoms with Crippen LogP contribution in [0.3, 0.4) is 0 Å². The Kier molecular flexibility index (Phi) is 3.52. The summed E-state index contributed by atoms with van der Waals surface area (Å²) < 4.78 is 0. The molecule has 0 saturated carbocycles. The average molecular weight is 281 g/mol. The molecule has 1 aromatic heterocycles. The molecule has 0 saturated heterocycles. The van der Waals surface area contributed by atoms with E-state index in [-0.39, 0.29) is 0 Å². The van der Waals surface area contributed by atoms with Crippen molar-refractivity contribution in [2.45, 2.75) is 26.3 Å². The number of imidazole rings is 1. The smallest absolute Gasteiger partial charge is 0.115 e. The van der Waals surface area contributed by atoms with Crippen LogP contribution in [0.1, 0.15) is 18.3 Å². The van der Waals surface area contributed by atoms with Crippen LogP contribution in [0.5, 0.6) is 5.75 Å². The van der Waals surface area contributed by atoms with Crippen molar-refractivity contribution in [1.82, 2.24) is 9.97 Å². The van der Waals surface area contributed by atoms with Crippen molar-refractivity contribution in [3.8, 4) is 5.75 Å². The minimum atomic E-state index is 0.302. The van der Waals surface area contributed by atoms with Gasteiger partial charge in [0.2, 0.25) is 0 Å². The summed E-state index contributed by atoms with van der Waals surface area (Å²) >= 11 is 0. The summed E-state index contributed by atoms with van der Waals surface area (Å²) in [5, 5.41) is 12.8. The Morgan fingerprint density at radius 2 is 1.95 bits per heavy atom. The lowest BCUT2D eigenvalue weighted by molar-refractivity contribution is 0.475. The van der Waals surface area contributed by atoms with Crippen molar-refractivity contribution in [2.24, 2.45) is 0 Å². The lowest BCUT2D eigenvalue weighted by Crippen LogP contribution is -2.17. The molecule has 1 unspecified atom stereocenters. The van der Waals surface area contributed by atoms with Crippen LogP contribution in [0.15, 0.2) is 42.5 Å². The van der Waals surface area contributed by atoms with Gasteiger partial charge in [-0.25, -0.2) is 4.98 Å². The number of hydrogen-bond acceptors (Lipinski definition) is 3. The van der Waals surface area contributed by atoms with Crippen LogP contribution in [0.2, 0.25) is 0 Å². The molecule has 108 valence electrons. The van der Waals surface area contributed by atoms with E-state index in [9.17, 15) is 5.11 Å². The van der Waals surface area contributed by atoms with Crippen molar-refractivity contribution in [1.29, 1.82) is 0 Å². The molecular weight excluding hydrogens is 262 g/mol. The van der Waals surface area contributed by atoms with Gasteiger partial charge < -0.3 is 15.4 Å². The normalized spacial score (nSPS) is 12.5. The number of nitrogens with zero attached hydrogens (tertiary/aromatic N) is 1. The van der Waals surface area contributed by atoms with Gasteiger partial charge in [-0.2, -0.15) is 0 Å². The monoisotopic (exact) mass is 281 g/mol. The highest BCUT2D eigenvalue weighted by Crippen LogP contribution is 2.19. The third kappa shape index (κ3) is 3.16. The lowest BCUT2D eigenvalue weighted by atomic mass is 10.1. The zero-order valence-electron chi connectivity index (χ0n) is 12.2. The molecule has 0 radical (unpaired) electrons. The molecule has 1 heterocycles. The van der Waals surface area contributed by atoms with E-state index in [4.69, 9.17) is 0 Å². The van der Waals surface area contributed by atoms with E-state index in [0.717, 1.165) is 29.0 Å². The van der Waals surface area contributed by atoms with E-state index in [1.165, 1.54) is 5.56 Å². The zero-order valence-corrected chi connectivity index (χ0v) is 12.2. The van der Waals surface area contributed by atoms with Gasteiger partial charge in [0, 0.05) is 11.7 Å². The summed E-state index contributed by atoms with van der Waals surface area (Å²) in [5.74, 6) is 1.23. The fourth-order valence-electron chi connectivity index (χ4n) is 2.55. The van der Waals surface area contributed by atoms with E-state index < -0.39 is 0 Å². The first-order valence-corrected chi connectivity index (χ1v) is 7.11. The summed E-state index contributed by atoms with van der Waals surface area (Å²) in [6, 6.07) is 13.8. The molecule has 0 aliphatic carbocycles. The molecule has 0 spiro atoms. The Hall–Kier alpha value is -2.49. The minimum absolute atomic E-state index is 0.302. The highest BCUT2D eigenvalue weighted by atomic mass is 16.3. The predicted molar refractivity (Wildman–Crippen MR) is 85.7 cm³/mol. The first-order valence-electron chi connectivity index (χ1n) is 7.11. The number of rotatable bonds is 4. The lowest BCUT2D eigenvalue weighted by Gasteiger charge is -2.15. The SMILES string of the molecule is Cc1nc2ccc(NC(C)Cc3ccc(O)cc3)cc2[nH]1. The molecule has 0 aliphatic heterocycles. The standard InChI is InChI=1S/C17H19N3O/c1-11(9-13-3-6-15(21)7-4-13)18-14-5-8-16-17(10-14)20-12(2)19-16/h3-8,10-11,18,21H,9H2,1-2H3,(H,19,20). The molecule has 0 fully saturated rings. The second-order valence-corrected chi connectivity index (χ2v) is 5.47. The summed E-state index contributed by atoms with van der Waals surface area (Å²) in [5.41, 5.74) is 4.32. The van der Waals surface area contributed by atoms with E-state index >= 15 is 0 Å². The topological polar surface area (TPSA) is 60.9 Å². The van der Waals surface area contributed by atoms with Crippen LogP contribution in [-0.4, -0.2) is 21.1 Å². The molecule has 21 heavy (non-hydrogen) atoms. The van der Waals surface area contributed by atoms with Crippen molar-refractivity contribution in [2.75, 3.05) is 5.32 Å². The van der Waals surface area contributed by atoms with Crippen LogP contribution >= 0.6 is 0 Å². The molecule has 3 aromatic rings. The highest BCUT2D eigenvalue weighted by Gasteiger charge is 2.06. The number of H-pyrrole nitrogens is 1. The molecule has 4 nitrogen and oxygen atoms in total. The molecule has 0 amide bonds. The number of phenolic OH excluding ortho intramolecular Hbond substituents is 1. The predicted octanol–water partition coefficient (Wildman–Crippen LogP) is 3.62. The Labute approximate surface area is 123 Å². The maximum atomic E-state index is 9.30. The van der Waals surface area contributed by atoms with Gasteiger partial charge >= 0.3 is 0 Å². The van der Waals surface area contributed by atoms with E-state index in [2.05, 4.69) is 34.3 Å². The van der Waals surface area contributed by atoms with Crippen molar-refractivity contribution >= 4 is 16.7 Å². The highest BCUT2D eigenvalue weighted by molar-refractivity contribution is 5.79. The van der Waals surface area contributed by atoms with Gasteiger partial charge in [0.15, 0.2) is 0 Å². The third-order valence-electron chi connectivity index (χ3n) is 3.49. The van der Waals surface area contributed by atoms with E-state index in [0.29, 0.717) is 11.8 Å². The number of aromatic amines is 1. The number of phenols is 1.